The Morgan fingerprint density at radius 2 is 2.71 bits per heavy atom. The highest BCUT2D eigenvalue weighted by Crippen LogP contribution is 1.96. The van der Waals surface area contributed by atoms with Crippen molar-refractivity contribution in [2.24, 2.45) is 0 Å². The highest BCUT2D eigenvalue weighted by Gasteiger charge is 1.89. The quantitative estimate of drug-likeness (QED) is 0.534. The van der Waals surface area contributed by atoms with Crippen molar-refractivity contribution in [2.45, 2.75) is 6.61 Å². The van der Waals surface area contributed by atoms with Gasteiger partial charge in [-0.1, -0.05) is 0 Å². The first-order valence-electron chi connectivity index (χ1n) is 1.77. The van der Waals surface area contributed by atoms with Crippen molar-refractivity contribution in [1.82, 2.24) is 9.36 Å². The van der Waals surface area contributed by atoms with Crippen LogP contribution in [0.4, 0.5) is 0 Å². The topological polar surface area (TPSA) is 45.7 Å². The van der Waals surface area contributed by atoms with Crippen LogP contribution < -0.4 is 0 Å². The summed E-state index contributed by atoms with van der Waals surface area (Å²) in [6.07, 6.45) is 1.39. The van der Waals surface area contributed by atoms with Gasteiger partial charge in [0.1, 0.15) is 17.9 Å². The number of rotatable bonds is 1. The molecule has 0 atom stereocenters. The Morgan fingerprint density at radius 3 is 3.00 bits per heavy atom. The molecule has 0 fully saturated rings. The number of hydrogen-bond acceptors (Lipinski definition) is 3. The molecular formula is C3H3N2OS. The fraction of sp³-hybridized carbons (Fsp3) is 0.333. The zero-order chi connectivity index (χ0) is 5.11. The van der Waals surface area contributed by atoms with Gasteiger partial charge in [-0.2, -0.15) is 4.37 Å². The van der Waals surface area contributed by atoms with Crippen LogP contribution in [0.2, 0.25) is 0 Å². The van der Waals surface area contributed by atoms with Crippen molar-refractivity contribution in [3.05, 3.63) is 11.3 Å². The Hall–Kier alpha value is -0.480. The molecule has 0 saturated heterocycles. The van der Waals surface area contributed by atoms with E-state index in [1.54, 1.807) is 0 Å². The summed E-state index contributed by atoms with van der Waals surface area (Å²) in [6, 6.07) is 0. The molecule has 0 saturated carbocycles. The van der Waals surface area contributed by atoms with E-state index < -0.39 is 0 Å². The first-order valence-corrected chi connectivity index (χ1v) is 2.54. The highest BCUT2D eigenvalue weighted by atomic mass is 32.1. The molecule has 0 amide bonds. The Kier molecular flexibility index (Phi) is 1.33. The molecule has 37 valence electrons. The molecule has 1 heterocycles. The van der Waals surface area contributed by atoms with E-state index in [1.165, 1.54) is 6.33 Å². The fourth-order valence-electron chi connectivity index (χ4n) is 0.260. The molecule has 1 radical (unpaired) electrons. The summed E-state index contributed by atoms with van der Waals surface area (Å²) in [7, 11) is 0. The minimum atomic E-state index is -0.245. The summed E-state index contributed by atoms with van der Waals surface area (Å²) in [4.78, 5) is 3.63. The molecule has 3 nitrogen and oxygen atoms in total. The van der Waals surface area contributed by atoms with Crippen LogP contribution >= 0.6 is 11.5 Å². The van der Waals surface area contributed by atoms with Crippen LogP contribution in [0.1, 0.15) is 5.01 Å². The van der Waals surface area contributed by atoms with Crippen LogP contribution in [0.3, 0.4) is 0 Å². The average Bonchev–Trinajstić information content (AvgIpc) is 2.14. The Morgan fingerprint density at radius 1 is 1.86 bits per heavy atom. The van der Waals surface area contributed by atoms with E-state index in [4.69, 9.17) is 0 Å². The van der Waals surface area contributed by atoms with Crippen molar-refractivity contribution < 1.29 is 5.11 Å². The lowest BCUT2D eigenvalue weighted by Crippen LogP contribution is -1.73. The predicted molar refractivity (Wildman–Crippen MR) is 24.3 cm³/mol. The van der Waals surface area contributed by atoms with Gasteiger partial charge in [0.2, 0.25) is 0 Å². The first kappa shape index (κ1) is 4.67. The summed E-state index contributed by atoms with van der Waals surface area (Å²) >= 11 is 1.15. The van der Waals surface area contributed by atoms with Gasteiger partial charge in [-0.25, -0.2) is 10.1 Å². The first-order chi connectivity index (χ1) is 3.43. The number of aromatic nitrogens is 2. The average molecular weight is 115 g/mol. The highest BCUT2D eigenvalue weighted by molar-refractivity contribution is 7.05. The zero-order valence-electron chi connectivity index (χ0n) is 3.50. The molecule has 0 unspecified atom stereocenters. The van der Waals surface area contributed by atoms with Crippen LogP contribution in [0.5, 0.6) is 0 Å². The van der Waals surface area contributed by atoms with Gasteiger partial charge in [-0.3, -0.25) is 0 Å². The molecule has 0 aliphatic rings. The van der Waals surface area contributed by atoms with E-state index in [-0.39, 0.29) is 6.61 Å². The monoisotopic (exact) mass is 115 g/mol. The Balaban J connectivity index is 2.76. The third-order valence-corrected chi connectivity index (χ3v) is 1.16. The molecule has 0 spiro atoms. The van der Waals surface area contributed by atoms with Gasteiger partial charge in [0.15, 0.2) is 0 Å². The summed E-state index contributed by atoms with van der Waals surface area (Å²) in [5.41, 5.74) is 0. The lowest BCUT2D eigenvalue weighted by molar-refractivity contribution is 0.177. The summed E-state index contributed by atoms with van der Waals surface area (Å²) < 4.78 is 3.62. The smallest absolute Gasteiger partial charge is 0.142 e. The second-order valence-corrected chi connectivity index (χ2v) is 1.84. The Labute approximate surface area is 44.8 Å². The van der Waals surface area contributed by atoms with Gasteiger partial charge < -0.3 is 0 Å². The maximum atomic E-state index is 9.90. The van der Waals surface area contributed by atoms with Gasteiger partial charge in [-0.15, -0.1) is 0 Å². The molecule has 0 aliphatic heterocycles. The molecule has 1 aromatic rings. The third-order valence-electron chi connectivity index (χ3n) is 0.530. The standard InChI is InChI=1S/C3H3N2OS/c6-1-3-4-2-5-7-3/h2H,1H2. The van der Waals surface area contributed by atoms with Gasteiger partial charge in [-0.05, 0) is 11.5 Å². The van der Waals surface area contributed by atoms with Gasteiger partial charge in [0.25, 0.3) is 0 Å². The molecule has 0 aliphatic carbocycles. The minimum absolute atomic E-state index is 0.245. The number of hydrogen-bond donors (Lipinski definition) is 0. The van der Waals surface area contributed by atoms with Crippen LogP contribution in [0, 0.1) is 0 Å². The predicted octanol–water partition coefficient (Wildman–Crippen LogP) is 0.469. The molecule has 4 heteroatoms. The van der Waals surface area contributed by atoms with E-state index in [2.05, 4.69) is 9.36 Å². The lowest BCUT2D eigenvalue weighted by atomic mass is 10.8. The van der Waals surface area contributed by atoms with Gasteiger partial charge in [0.05, 0.1) is 0 Å². The lowest BCUT2D eigenvalue weighted by Gasteiger charge is -1.71. The molecule has 1 rings (SSSR count). The van der Waals surface area contributed by atoms with Crippen molar-refractivity contribution in [3.63, 3.8) is 0 Å². The maximum Gasteiger partial charge on any atom is 0.142 e. The second-order valence-electron chi connectivity index (χ2n) is 0.979. The molecule has 0 N–H and O–H groups in total. The van der Waals surface area contributed by atoms with Crippen LogP contribution in [-0.4, -0.2) is 9.36 Å². The fourth-order valence-corrected chi connectivity index (χ4v) is 0.623. The van der Waals surface area contributed by atoms with E-state index >= 15 is 0 Å². The minimum Gasteiger partial charge on any atom is -0.229 e. The van der Waals surface area contributed by atoms with Crippen molar-refractivity contribution in [1.29, 1.82) is 0 Å². The maximum absolute atomic E-state index is 9.90. The second kappa shape index (κ2) is 1.99. The summed E-state index contributed by atoms with van der Waals surface area (Å²) in [5.74, 6) is 0. The third kappa shape index (κ3) is 0.942. The molecule has 7 heavy (non-hydrogen) atoms. The molecule has 0 bridgehead atoms. The van der Waals surface area contributed by atoms with E-state index in [9.17, 15) is 5.11 Å². The van der Waals surface area contributed by atoms with Crippen LogP contribution in [0.25, 0.3) is 0 Å². The molecule has 0 aromatic carbocycles. The summed E-state index contributed by atoms with van der Waals surface area (Å²) in [6.45, 7) is -0.245. The SMILES string of the molecule is [O]Cc1ncns1. The summed E-state index contributed by atoms with van der Waals surface area (Å²) in [5, 5.41) is 10.5. The number of nitrogens with zero attached hydrogens (tertiary/aromatic N) is 2. The van der Waals surface area contributed by atoms with E-state index in [1.807, 2.05) is 0 Å². The van der Waals surface area contributed by atoms with Crippen molar-refractivity contribution in [2.75, 3.05) is 0 Å². The molecular weight excluding hydrogens is 112 g/mol. The van der Waals surface area contributed by atoms with Crippen molar-refractivity contribution >= 4 is 11.5 Å². The van der Waals surface area contributed by atoms with Crippen LogP contribution in [-0.2, 0) is 11.7 Å². The van der Waals surface area contributed by atoms with Crippen molar-refractivity contribution in [3.8, 4) is 0 Å². The van der Waals surface area contributed by atoms with E-state index in [0.29, 0.717) is 5.01 Å². The van der Waals surface area contributed by atoms with Crippen LogP contribution in [0.15, 0.2) is 6.33 Å². The van der Waals surface area contributed by atoms with E-state index in [0.717, 1.165) is 11.5 Å². The molecule has 1 aromatic heterocycles. The van der Waals surface area contributed by atoms with Gasteiger partial charge in [0, 0.05) is 0 Å². The van der Waals surface area contributed by atoms with Gasteiger partial charge >= 0.3 is 0 Å². The normalized spacial score (nSPS) is 9.29. The zero-order valence-corrected chi connectivity index (χ0v) is 4.31. The Bertz CT molecular complexity index is 127. The largest absolute Gasteiger partial charge is 0.229 e.